The van der Waals surface area contributed by atoms with Crippen LogP contribution in [-0.2, 0) is 9.05 Å². The van der Waals surface area contributed by atoms with Crippen LogP contribution in [0.15, 0.2) is 23.1 Å². The number of rotatable bonds is 2. The van der Waals surface area contributed by atoms with Crippen molar-refractivity contribution >= 4 is 37.2 Å². The third kappa shape index (κ3) is 3.61. The molecule has 1 fully saturated rings. The normalized spacial score (nSPS) is 16.4. The molecule has 4 nitrogen and oxygen atoms in total. The van der Waals surface area contributed by atoms with E-state index in [1.165, 1.54) is 18.2 Å². The Morgan fingerprint density at radius 1 is 1.11 bits per heavy atom. The first-order valence-corrected chi connectivity index (χ1v) is 8.61. The van der Waals surface area contributed by atoms with Crippen LogP contribution in [0.1, 0.15) is 29.6 Å². The van der Waals surface area contributed by atoms with Gasteiger partial charge < -0.3 is 4.90 Å². The molecule has 0 aromatic heterocycles. The number of amides is 1. The van der Waals surface area contributed by atoms with Gasteiger partial charge >= 0.3 is 0 Å². The SMILES string of the molecule is O=C(c1cc(Cl)cc(S(=O)(=O)Cl)c1)N1CCCCC1. The Morgan fingerprint density at radius 2 is 1.74 bits per heavy atom. The largest absolute Gasteiger partial charge is 0.339 e. The van der Waals surface area contributed by atoms with Crippen molar-refractivity contribution in [1.82, 2.24) is 4.90 Å². The molecule has 1 aromatic carbocycles. The van der Waals surface area contributed by atoms with E-state index >= 15 is 0 Å². The zero-order valence-electron chi connectivity index (χ0n) is 10.1. The molecular weight excluding hydrogens is 309 g/mol. The molecule has 1 aliphatic heterocycles. The van der Waals surface area contributed by atoms with Gasteiger partial charge in [-0.05, 0) is 37.5 Å². The van der Waals surface area contributed by atoms with E-state index in [2.05, 4.69) is 0 Å². The highest BCUT2D eigenvalue weighted by atomic mass is 35.7. The molecule has 104 valence electrons. The van der Waals surface area contributed by atoms with Gasteiger partial charge in [0.2, 0.25) is 0 Å². The average molecular weight is 322 g/mol. The van der Waals surface area contributed by atoms with Gasteiger partial charge in [-0.1, -0.05) is 11.6 Å². The summed E-state index contributed by atoms with van der Waals surface area (Å²) in [6, 6.07) is 3.96. The lowest BCUT2D eigenvalue weighted by Crippen LogP contribution is -2.35. The van der Waals surface area contributed by atoms with Gasteiger partial charge in [-0.25, -0.2) is 8.42 Å². The summed E-state index contributed by atoms with van der Waals surface area (Å²) < 4.78 is 22.6. The third-order valence-electron chi connectivity index (χ3n) is 3.04. The standard InChI is InChI=1S/C12H13Cl2NO3S/c13-10-6-9(7-11(8-10)19(14,17)18)12(16)15-4-2-1-3-5-15/h6-8H,1-5H2. The van der Waals surface area contributed by atoms with Gasteiger partial charge in [-0.3, -0.25) is 4.79 Å². The summed E-state index contributed by atoms with van der Waals surface area (Å²) in [5, 5.41) is 0.182. The fraction of sp³-hybridized carbons (Fsp3) is 0.417. The van der Waals surface area contributed by atoms with E-state index in [1.54, 1.807) is 4.90 Å². The van der Waals surface area contributed by atoms with Gasteiger partial charge in [0.1, 0.15) is 0 Å². The van der Waals surface area contributed by atoms with Gasteiger partial charge in [0.25, 0.3) is 15.0 Å². The highest BCUT2D eigenvalue weighted by Gasteiger charge is 2.21. The van der Waals surface area contributed by atoms with Crippen molar-refractivity contribution < 1.29 is 13.2 Å². The number of benzene rings is 1. The molecule has 0 saturated carbocycles. The first-order valence-electron chi connectivity index (χ1n) is 5.92. The van der Waals surface area contributed by atoms with Gasteiger partial charge in [0.15, 0.2) is 0 Å². The van der Waals surface area contributed by atoms with E-state index in [0.29, 0.717) is 13.1 Å². The van der Waals surface area contributed by atoms with E-state index in [4.69, 9.17) is 22.3 Å². The van der Waals surface area contributed by atoms with Crippen LogP contribution in [0, 0.1) is 0 Å². The van der Waals surface area contributed by atoms with Crippen molar-refractivity contribution in [1.29, 1.82) is 0 Å². The smallest absolute Gasteiger partial charge is 0.261 e. The number of nitrogens with zero attached hydrogens (tertiary/aromatic N) is 1. The predicted molar refractivity (Wildman–Crippen MR) is 74.2 cm³/mol. The van der Waals surface area contributed by atoms with Gasteiger partial charge in [0, 0.05) is 34.4 Å². The lowest BCUT2D eigenvalue weighted by molar-refractivity contribution is 0.0724. The minimum atomic E-state index is -3.90. The number of likely N-dealkylation sites (tertiary alicyclic amines) is 1. The minimum Gasteiger partial charge on any atom is -0.339 e. The lowest BCUT2D eigenvalue weighted by Gasteiger charge is -2.26. The van der Waals surface area contributed by atoms with E-state index in [1.807, 2.05) is 0 Å². The van der Waals surface area contributed by atoms with E-state index in [0.717, 1.165) is 19.3 Å². The Morgan fingerprint density at radius 3 is 2.32 bits per heavy atom. The van der Waals surface area contributed by atoms with Crippen molar-refractivity contribution in [2.24, 2.45) is 0 Å². The second-order valence-electron chi connectivity index (χ2n) is 4.47. The maximum Gasteiger partial charge on any atom is 0.261 e. The quantitative estimate of drug-likeness (QED) is 0.787. The molecule has 0 N–H and O–H groups in total. The van der Waals surface area contributed by atoms with E-state index in [9.17, 15) is 13.2 Å². The Kier molecular flexibility index (Phi) is 4.38. The zero-order chi connectivity index (χ0) is 14.0. The average Bonchev–Trinajstić information content (AvgIpc) is 2.37. The molecule has 0 aliphatic carbocycles. The molecule has 0 unspecified atom stereocenters. The minimum absolute atomic E-state index is 0.151. The van der Waals surface area contributed by atoms with Crippen molar-refractivity contribution in [3.8, 4) is 0 Å². The molecule has 7 heteroatoms. The number of carbonyl (C=O) groups is 1. The second-order valence-corrected chi connectivity index (χ2v) is 7.47. The first kappa shape index (κ1) is 14.6. The second kappa shape index (κ2) is 5.69. The van der Waals surface area contributed by atoms with E-state index < -0.39 is 9.05 Å². The zero-order valence-corrected chi connectivity index (χ0v) is 12.4. The van der Waals surface area contributed by atoms with Crippen molar-refractivity contribution in [2.45, 2.75) is 24.2 Å². The number of carbonyl (C=O) groups excluding carboxylic acids is 1. The fourth-order valence-electron chi connectivity index (χ4n) is 2.11. The molecule has 1 heterocycles. The van der Waals surface area contributed by atoms with Crippen LogP contribution in [0.4, 0.5) is 0 Å². The van der Waals surface area contributed by atoms with Crippen molar-refractivity contribution in [3.63, 3.8) is 0 Å². The van der Waals surface area contributed by atoms with E-state index in [-0.39, 0.29) is 21.4 Å². The van der Waals surface area contributed by atoms with Crippen LogP contribution in [0.2, 0.25) is 5.02 Å². The summed E-state index contributed by atoms with van der Waals surface area (Å²) >= 11 is 5.85. The van der Waals surface area contributed by atoms with Crippen molar-refractivity contribution in [3.05, 3.63) is 28.8 Å². The summed E-state index contributed by atoms with van der Waals surface area (Å²) in [4.78, 5) is 13.8. The van der Waals surface area contributed by atoms with Crippen LogP contribution >= 0.6 is 22.3 Å². The lowest BCUT2D eigenvalue weighted by atomic mass is 10.1. The maximum absolute atomic E-state index is 12.3. The summed E-state index contributed by atoms with van der Waals surface area (Å²) in [5.74, 6) is -0.205. The third-order valence-corrected chi connectivity index (χ3v) is 4.59. The molecule has 0 atom stereocenters. The van der Waals surface area contributed by atoms with Crippen LogP contribution in [0.25, 0.3) is 0 Å². The molecular formula is C12H13Cl2NO3S. The van der Waals surface area contributed by atoms with Crippen LogP contribution in [-0.4, -0.2) is 32.3 Å². The van der Waals surface area contributed by atoms with Gasteiger partial charge in [-0.15, -0.1) is 0 Å². The topological polar surface area (TPSA) is 54.5 Å². The number of piperidine rings is 1. The Balaban J connectivity index is 2.34. The van der Waals surface area contributed by atoms with Gasteiger partial charge in [-0.2, -0.15) is 0 Å². The highest BCUT2D eigenvalue weighted by Crippen LogP contribution is 2.23. The predicted octanol–water partition coefficient (Wildman–Crippen LogP) is 2.89. The molecule has 19 heavy (non-hydrogen) atoms. The monoisotopic (exact) mass is 321 g/mol. The molecule has 0 bridgehead atoms. The van der Waals surface area contributed by atoms with Gasteiger partial charge in [0.05, 0.1) is 4.90 Å². The number of hydrogen-bond donors (Lipinski definition) is 0. The number of hydrogen-bond acceptors (Lipinski definition) is 3. The molecule has 2 rings (SSSR count). The summed E-state index contributed by atoms with van der Waals surface area (Å²) in [5.41, 5.74) is 0.258. The molecule has 1 saturated heterocycles. The van der Waals surface area contributed by atoms with Crippen molar-refractivity contribution in [2.75, 3.05) is 13.1 Å². The maximum atomic E-state index is 12.3. The molecule has 1 amide bonds. The summed E-state index contributed by atoms with van der Waals surface area (Å²) in [7, 11) is 1.39. The Hall–Kier alpha value is -0.780. The van der Waals surface area contributed by atoms with Crippen LogP contribution in [0.3, 0.4) is 0 Å². The summed E-state index contributed by atoms with van der Waals surface area (Å²) in [6.07, 6.45) is 3.04. The highest BCUT2D eigenvalue weighted by molar-refractivity contribution is 8.13. The molecule has 1 aliphatic rings. The first-order chi connectivity index (χ1) is 8.88. The number of halogens is 2. The fourth-order valence-corrected chi connectivity index (χ4v) is 3.21. The van der Waals surface area contributed by atoms with Crippen LogP contribution < -0.4 is 0 Å². The van der Waals surface area contributed by atoms with Crippen LogP contribution in [0.5, 0.6) is 0 Å². The molecule has 0 radical (unpaired) electrons. The Bertz CT molecular complexity index is 595. The summed E-state index contributed by atoms with van der Waals surface area (Å²) in [6.45, 7) is 1.38. The Labute approximate surface area is 121 Å². The molecule has 0 spiro atoms. The molecule has 1 aromatic rings.